The molecule has 0 spiro atoms. The predicted octanol–water partition coefficient (Wildman–Crippen LogP) is 6.26. The molecule has 186 valence electrons. The highest BCUT2D eigenvalue weighted by Crippen LogP contribution is 2.29. The lowest BCUT2D eigenvalue weighted by molar-refractivity contribution is -0.116. The maximum Gasteiger partial charge on any atom is 0.322 e. The fourth-order valence-corrected chi connectivity index (χ4v) is 3.78. The van der Waals surface area contributed by atoms with E-state index < -0.39 is 0 Å². The summed E-state index contributed by atoms with van der Waals surface area (Å²) >= 11 is 6.43. The van der Waals surface area contributed by atoms with Crippen LogP contribution in [-0.4, -0.2) is 39.7 Å². The van der Waals surface area contributed by atoms with Crippen molar-refractivity contribution in [2.45, 2.75) is 47.0 Å². The van der Waals surface area contributed by atoms with E-state index >= 15 is 0 Å². The lowest BCUT2D eigenvalue weighted by Gasteiger charge is -2.25. The van der Waals surface area contributed by atoms with Crippen LogP contribution in [0.5, 0.6) is 0 Å². The van der Waals surface area contributed by atoms with Crippen LogP contribution in [0, 0.1) is 12.8 Å². The van der Waals surface area contributed by atoms with Crippen molar-refractivity contribution in [1.29, 1.82) is 0 Å². The van der Waals surface area contributed by atoms with Crippen LogP contribution in [-0.2, 0) is 10.2 Å². The fourth-order valence-electron chi connectivity index (χ4n) is 3.57. The van der Waals surface area contributed by atoms with Gasteiger partial charge in [0, 0.05) is 23.7 Å². The number of urea groups is 1. The molecular weight excluding hydrogens is 462 g/mol. The first-order valence-corrected chi connectivity index (χ1v) is 12.1. The number of hydrogen-bond donors (Lipinski definition) is 2. The van der Waals surface area contributed by atoms with E-state index in [1.165, 1.54) is 4.90 Å². The maximum atomic E-state index is 13.1. The highest BCUT2D eigenvalue weighted by Gasteiger charge is 2.24. The summed E-state index contributed by atoms with van der Waals surface area (Å²) < 4.78 is 1.64. The third-order valence-corrected chi connectivity index (χ3v) is 5.74. The molecule has 0 atom stereocenters. The molecule has 35 heavy (non-hydrogen) atoms. The summed E-state index contributed by atoms with van der Waals surface area (Å²) in [6.45, 7) is 12.4. The zero-order valence-corrected chi connectivity index (χ0v) is 22.0. The first kappa shape index (κ1) is 26.3. The maximum absolute atomic E-state index is 13.1. The van der Waals surface area contributed by atoms with Crippen LogP contribution in [0.25, 0.3) is 5.69 Å². The Kier molecular flexibility index (Phi) is 8.22. The molecule has 1 aromatic heterocycles. The Morgan fingerprint density at radius 3 is 2.34 bits per heavy atom. The number of carbonyl (C=O) groups excluding carboxylic acids is 2. The largest absolute Gasteiger partial charge is 0.322 e. The minimum Gasteiger partial charge on any atom is -0.315 e. The number of para-hydroxylation sites is 2. The molecule has 0 radical (unpaired) electrons. The second-order valence-corrected chi connectivity index (χ2v) is 10.5. The SMILES string of the molecule is Cc1ccccc1NC(=O)N(CC(=O)Nc1cc(C(C)(C)C)nn1-c1ccccc1Cl)CC(C)C. The average Bonchev–Trinajstić information content (AvgIpc) is 3.18. The molecule has 2 N–H and O–H groups in total. The third kappa shape index (κ3) is 6.85. The third-order valence-electron chi connectivity index (χ3n) is 5.42. The summed E-state index contributed by atoms with van der Waals surface area (Å²) in [7, 11) is 0. The van der Waals surface area contributed by atoms with Crippen LogP contribution < -0.4 is 10.6 Å². The molecule has 8 heteroatoms. The van der Waals surface area contributed by atoms with Crippen molar-refractivity contribution in [2.75, 3.05) is 23.7 Å². The van der Waals surface area contributed by atoms with Gasteiger partial charge in [0.1, 0.15) is 12.4 Å². The number of hydrogen-bond acceptors (Lipinski definition) is 3. The number of halogens is 1. The molecule has 0 saturated carbocycles. The Balaban J connectivity index is 1.84. The van der Waals surface area contributed by atoms with Crippen molar-refractivity contribution < 1.29 is 9.59 Å². The predicted molar refractivity (Wildman–Crippen MR) is 143 cm³/mol. The van der Waals surface area contributed by atoms with Crippen LogP contribution >= 0.6 is 11.6 Å². The minimum absolute atomic E-state index is 0.103. The normalized spacial score (nSPS) is 11.4. The quantitative estimate of drug-likeness (QED) is 0.406. The molecule has 0 unspecified atom stereocenters. The van der Waals surface area contributed by atoms with E-state index in [0.29, 0.717) is 23.1 Å². The molecule has 0 saturated heterocycles. The number of nitrogens with zero attached hydrogens (tertiary/aromatic N) is 3. The molecule has 7 nitrogen and oxygen atoms in total. The summed E-state index contributed by atoms with van der Waals surface area (Å²) in [5.41, 5.74) is 2.91. The van der Waals surface area contributed by atoms with Gasteiger partial charge in [0.25, 0.3) is 0 Å². The van der Waals surface area contributed by atoms with Gasteiger partial charge in [-0.1, -0.05) is 76.6 Å². The molecule has 3 rings (SSSR count). The fraction of sp³-hybridized carbons (Fsp3) is 0.370. The topological polar surface area (TPSA) is 79.3 Å². The molecule has 2 aromatic carbocycles. The van der Waals surface area contributed by atoms with Crippen LogP contribution in [0.15, 0.2) is 54.6 Å². The summed E-state index contributed by atoms with van der Waals surface area (Å²) in [5, 5.41) is 11.1. The van der Waals surface area contributed by atoms with E-state index in [9.17, 15) is 9.59 Å². The smallest absolute Gasteiger partial charge is 0.315 e. The van der Waals surface area contributed by atoms with E-state index in [0.717, 1.165) is 16.9 Å². The van der Waals surface area contributed by atoms with E-state index in [1.54, 1.807) is 10.7 Å². The van der Waals surface area contributed by atoms with Gasteiger partial charge in [-0.3, -0.25) is 4.79 Å². The van der Waals surface area contributed by atoms with E-state index in [2.05, 4.69) is 31.4 Å². The molecule has 0 fully saturated rings. The van der Waals surface area contributed by atoms with Gasteiger partial charge in [-0.05, 0) is 36.6 Å². The Hall–Kier alpha value is -3.32. The van der Waals surface area contributed by atoms with Gasteiger partial charge in [0.05, 0.1) is 16.4 Å². The number of aromatic nitrogens is 2. The molecule has 3 aromatic rings. The molecule has 0 bridgehead atoms. The van der Waals surface area contributed by atoms with Gasteiger partial charge in [0.2, 0.25) is 5.91 Å². The molecular formula is C27H34ClN5O2. The van der Waals surface area contributed by atoms with Crippen LogP contribution in [0.1, 0.15) is 45.9 Å². The Bertz CT molecular complexity index is 1200. The lowest BCUT2D eigenvalue weighted by Crippen LogP contribution is -2.42. The monoisotopic (exact) mass is 495 g/mol. The van der Waals surface area contributed by atoms with Gasteiger partial charge in [-0.2, -0.15) is 5.10 Å². The Morgan fingerprint density at radius 1 is 1.06 bits per heavy atom. The number of nitrogens with one attached hydrogen (secondary N) is 2. The standard InChI is InChI=1S/C27H34ClN5O2/c1-18(2)16-32(26(35)29-21-13-9-7-11-19(21)3)17-25(34)30-24-15-23(27(4,5)6)31-33(24)22-14-10-8-12-20(22)28/h7-15,18H,16-17H2,1-6H3,(H,29,35)(H,30,34). The van der Waals surface area contributed by atoms with Gasteiger partial charge >= 0.3 is 6.03 Å². The average molecular weight is 496 g/mol. The van der Waals surface area contributed by atoms with Gasteiger partial charge < -0.3 is 15.5 Å². The molecule has 0 aliphatic carbocycles. The second-order valence-electron chi connectivity index (χ2n) is 10.1. The summed E-state index contributed by atoms with van der Waals surface area (Å²) in [4.78, 5) is 27.7. The highest BCUT2D eigenvalue weighted by molar-refractivity contribution is 6.32. The van der Waals surface area contributed by atoms with Crippen molar-refractivity contribution >= 4 is 35.0 Å². The van der Waals surface area contributed by atoms with Gasteiger partial charge in [-0.15, -0.1) is 0 Å². The number of benzene rings is 2. The zero-order chi connectivity index (χ0) is 25.8. The number of rotatable bonds is 7. The summed E-state index contributed by atoms with van der Waals surface area (Å²) in [5.74, 6) is 0.364. The van der Waals surface area contributed by atoms with Crippen molar-refractivity contribution in [3.8, 4) is 5.69 Å². The molecule has 0 aliphatic heterocycles. The van der Waals surface area contributed by atoms with Crippen molar-refractivity contribution in [1.82, 2.24) is 14.7 Å². The van der Waals surface area contributed by atoms with Crippen LogP contribution in [0.3, 0.4) is 0 Å². The number of amides is 3. The van der Waals surface area contributed by atoms with Gasteiger partial charge in [0.15, 0.2) is 0 Å². The lowest BCUT2D eigenvalue weighted by atomic mass is 9.92. The van der Waals surface area contributed by atoms with Crippen LogP contribution in [0.2, 0.25) is 5.02 Å². The molecule has 3 amide bonds. The second kappa shape index (κ2) is 11.0. The minimum atomic E-state index is -0.321. The zero-order valence-electron chi connectivity index (χ0n) is 21.2. The van der Waals surface area contributed by atoms with Crippen molar-refractivity contribution in [3.05, 3.63) is 70.9 Å². The van der Waals surface area contributed by atoms with Crippen molar-refractivity contribution in [3.63, 3.8) is 0 Å². The van der Waals surface area contributed by atoms with E-state index in [4.69, 9.17) is 16.7 Å². The van der Waals surface area contributed by atoms with E-state index in [1.807, 2.05) is 69.3 Å². The molecule has 0 aliphatic rings. The number of anilines is 2. The number of aryl methyl sites for hydroxylation is 1. The first-order valence-electron chi connectivity index (χ1n) is 11.7. The number of carbonyl (C=O) groups is 2. The van der Waals surface area contributed by atoms with Crippen molar-refractivity contribution in [2.24, 2.45) is 5.92 Å². The Morgan fingerprint density at radius 2 is 1.71 bits per heavy atom. The van der Waals surface area contributed by atoms with Crippen LogP contribution in [0.4, 0.5) is 16.3 Å². The first-order chi connectivity index (χ1) is 16.5. The highest BCUT2D eigenvalue weighted by atomic mass is 35.5. The summed E-state index contributed by atoms with van der Waals surface area (Å²) in [6, 6.07) is 16.4. The van der Waals surface area contributed by atoms with Gasteiger partial charge in [-0.25, -0.2) is 9.48 Å². The Labute approximate surface area is 212 Å². The summed E-state index contributed by atoms with van der Waals surface area (Å²) in [6.07, 6.45) is 0. The van der Waals surface area contributed by atoms with E-state index in [-0.39, 0.29) is 29.8 Å². The molecule has 1 heterocycles.